The van der Waals surface area contributed by atoms with E-state index in [0.717, 1.165) is 63.4 Å². The van der Waals surface area contributed by atoms with Gasteiger partial charge in [0.25, 0.3) is 5.91 Å². The van der Waals surface area contributed by atoms with Gasteiger partial charge in [0.2, 0.25) is 0 Å². The molecular formula is C26H24BrF3N2O4. The summed E-state index contributed by atoms with van der Waals surface area (Å²) in [5.74, 6) is 0.485. The predicted molar refractivity (Wildman–Crippen MR) is 129 cm³/mol. The van der Waals surface area contributed by atoms with E-state index in [0.29, 0.717) is 18.8 Å². The summed E-state index contributed by atoms with van der Waals surface area (Å²) in [7, 11) is 1.54. The second kappa shape index (κ2) is 9.14. The minimum atomic E-state index is -4.52. The molecule has 36 heavy (non-hydrogen) atoms. The molecule has 3 unspecified atom stereocenters. The third kappa shape index (κ3) is 4.15. The molecule has 2 aromatic carbocycles. The van der Waals surface area contributed by atoms with Crippen molar-refractivity contribution in [3.8, 4) is 5.75 Å². The smallest absolute Gasteiger partial charge is 0.416 e. The fourth-order valence-corrected chi connectivity index (χ4v) is 5.60. The molecule has 0 bridgehead atoms. The Morgan fingerprint density at radius 1 is 1.11 bits per heavy atom. The van der Waals surface area contributed by atoms with Crippen molar-refractivity contribution in [1.29, 1.82) is 0 Å². The lowest BCUT2D eigenvalue weighted by Crippen LogP contribution is -2.35. The molecule has 2 aliphatic heterocycles. The Labute approximate surface area is 214 Å². The van der Waals surface area contributed by atoms with Crippen LogP contribution in [0.1, 0.15) is 43.4 Å². The molecule has 3 aliphatic rings. The number of amides is 3. The fourth-order valence-electron chi connectivity index (χ4n) is 5.22. The summed E-state index contributed by atoms with van der Waals surface area (Å²) < 4.78 is 51.6. The first kappa shape index (κ1) is 24.7. The second-order valence-electron chi connectivity index (χ2n) is 9.00. The van der Waals surface area contributed by atoms with Gasteiger partial charge in [-0.1, -0.05) is 15.9 Å². The van der Waals surface area contributed by atoms with Crippen molar-refractivity contribution in [1.82, 2.24) is 4.90 Å². The van der Waals surface area contributed by atoms with E-state index in [1.807, 2.05) is 19.1 Å². The van der Waals surface area contributed by atoms with E-state index in [-0.39, 0.29) is 11.6 Å². The first-order chi connectivity index (χ1) is 17.2. The van der Waals surface area contributed by atoms with E-state index in [4.69, 9.17) is 9.47 Å². The van der Waals surface area contributed by atoms with Crippen molar-refractivity contribution in [2.45, 2.75) is 44.4 Å². The van der Waals surface area contributed by atoms with Crippen LogP contribution in [0, 0.1) is 5.92 Å². The van der Waals surface area contributed by atoms with Gasteiger partial charge in [-0.25, -0.2) is 9.69 Å². The van der Waals surface area contributed by atoms with E-state index < -0.39 is 35.8 Å². The van der Waals surface area contributed by atoms with Crippen LogP contribution in [-0.4, -0.2) is 36.6 Å². The Hall–Kier alpha value is -3.01. The number of fused-ring (bicyclic) bond motifs is 1. The standard InChI is InChI=1S/C26H24BrF3N2O4/c1-3-36-23(14-4-5-14)19-13-20(18-12-16(27)8-11-21(18)35-2)32-22(19)24(33)31(25(32)34)17-9-6-15(7-10-17)26(28,29)30/h6-12,19-20,22H,3-5,13H2,1-2H3. The molecule has 3 fully saturated rings. The number of benzene rings is 2. The molecule has 2 aromatic rings. The quantitative estimate of drug-likeness (QED) is 0.298. The minimum absolute atomic E-state index is 0.100. The van der Waals surface area contributed by atoms with Gasteiger partial charge in [-0.3, -0.25) is 4.79 Å². The monoisotopic (exact) mass is 564 g/mol. The summed E-state index contributed by atoms with van der Waals surface area (Å²) in [6, 6.07) is 7.67. The number of allylic oxidation sites excluding steroid dienone is 1. The molecule has 3 amide bonds. The average molecular weight is 565 g/mol. The number of carbonyl (C=O) groups is 2. The van der Waals surface area contributed by atoms with Crippen LogP contribution in [0.5, 0.6) is 5.75 Å². The lowest BCUT2D eigenvalue weighted by atomic mass is 9.92. The Bertz CT molecular complexity index is 1240. The second-order valence-corrected chi connectivity index (χ2v) is 9.91. The summed E-state index contributed by atoms with van der Waals surface area (Å²) in [5, 5.41) is 0. The molecule has 6 nitrogen and oxygen atoms in total. The minimum Gasteiger partial charge on any atom is -0.498 e. The molecule has 1 aliphatic carbocycles. The largest absolute Gasteiger partial charge is 0.498 e. The number of imide groups is 1. The number of halogens is 4. The maximum Gasteiger partial charge on any atom is 0.416 e. The summed E-state index contributed by atoms with van der Waals surface area (Å²) in [4.78, 5) is 30.0. The zero-order chi connectivity index (χ0) is 25.8. The van der Waals surface area contributed by atoms with Crippen LogP contribution in [-0.2, 0) is 15.7 Å². The van der Waals surface area contributed by atoms with Crippen LogP contribution < -0.4 is 9.64 Å². The number of carbonyl (C=O) groups excluding carboxylic acids is 2. The van der Waals surface area contributed by atoms with Crippen molar-refractivity contribution in [3.63, 3.8) is 0 Å². The van der Waals surface area contributed by atoms with Crippen LogP contribution in [0.15, 0.2) is 58.3 Å². The Morgan fingerprint density at radius 3 is 2.39 bits per heavy atom. The lowest BCUT2D eigenvalue weighted by Gasteiger charge is -2.25. The maximum absolute atomic E-state index is 13.8. The van der Waals surface area contributed by atoms with Crippen LogP contribution in [0.4, 0.5) is 23.7 Å². The number of hydrogen-bond acceptors (Lipinski definition) is 4. The van der Waals surface area contributed by atoms with Gasteiger partial charge in [0, 0.05) is 16.0 Å². The molecule has 190 valence electrons. The van der Waals surface area contributed by atoms with Crippen molar-refractivity contribution in [2.75, 3.05) is 18.6 Å². The van der Waals surface area contributed by atoms with Gasteiger partial charge >= 0.3 is 12.2 Å². The first-order valence-corrected chi connectivity index (χ1v) is 12.5. The molecule has 2 saturated heterocycles. The molecule has 2 heterocycles. The van der Waals surface area contributed by atoms with Gasteiger partial charge in [0.05, 0.1) is 31.0 Å². The van der Waals surface area contributed by atoms with Gasteiger partial charge in [-0.05, 0) is 74.2 Å². The number of methoxy groups -OCH3 is 1. The van der Waals surface area contributed by atoms with E-state index in [1.54, 1.807) is 13.2 Å². The molecule has 1 saturated carbocycles. The highest BCUT2D eigenvalue weighted by molar-refractivity contribution is 9.10. The molecule has 3 atom stereocenters. The van der Waals surface area contributed by atoms with E-state index >= 15 is 0 Å². The highest BCUT2D eigenvalue weighted by Gasteiger charge is 2.59. The van der Waals surface area contributed by atoms with Crippen LogP contribution in [0.2, 0.25) is 0 Å². The molecule has 5 rings (SSSR count). The molecular weight excluding hydrogens is 541 g/mol. The van der Waals surface area contributed by atoms with Gasteiger partial charge < -0.3 is 14.4 Å². The third-order valence-corrected chi connectivity index (χ3v) is 7.36. The van der Waals surface area contributed by atoms with Crippen LogP contribution >= 0.6 is 15.9 Å². The summed E-state index contributed by atoms with van der Waals surface area (Å²) in [6.45, 7) is 2.30. The van der Waals surface area contributed by atoms with Crippen molar-refractivity contribution in [2.24, 2.45) is 5.92 Å². The SMILES string of the molecule is CCOC(=C1CC1)C1CC(c2cc(Br)ccc2OC)N2C(=O)N(c3ccc(C(F)(F)F)cc3)C(=O)C12. The topological polar surface area (TPSA) is 59.1 Å². The number of ether oxygens (including phenoxy) is 2. The maximum atomic E-state index is 13.8. The zero-order valence-corrected chi connectivity index (χ0v) is 21.2. The number of rotatable bonds is 6. The lowest BCUT2D eigenvalue weighted by molar-refractivity contribution is -0.137. The number of urea groups is 1. The van der Waals surface area contributed by atoms with Crippen molar-refractivity contribution >= 4 is 33.6 Å². The highest BCUT2D eigenvalue weighted by Crippen LogP contribution is 2.52. The van der Waals surface area contributed by atoms with Crippen LogP contribution in [0.25, 0.3) is 0 Å². The van der Waals surface area contributed by atoms with Gasteiger partial charge in [0.1, 0.15) is 17.6 Å². The van der Waals surface area contributed by atoms with Gasteiger partial charge in [-0.2, -0.15) is 13.2 Å². The predicted octanol–water partition coefficient (Wildman–Crippen LogP) is 6.46. The van der Waals surface area contributed by atoms with Crippen molar-refractivity contribution in [3.05, 3.63) is 69.4 Å². The first-order valence-electron chi connectivity index (χ1n) is 11.7. The molecule has 0 radical (unpaired) electrons. The zero-order valence-electron chi connectivity index (χ0n) is 19.6. The Kier molecular flexibility index (Phi) is 6.26. The number of alkyl halides is 3. The van der Waals surface area contributed by atoms with Gasteiger partial charge in [0.15, 0.2) is 0 Å². The molecule has 10 heteroatoms. The fraction of sp³-hybridized carbons (Fsp3) is 0.385. The Morgan fingerprint density at radius 2 is 1.81 bits per heavy atom. The van der Waals surface area contributed by atoms with E-state index in [9.17, 15) is 22.8 Å². The van der Waals surface area contributed by atoms with E-state index in [1.165, 1.54) is 4.90 Å². The molecule has 0 aromatic heterocycles. The number of anilines is 1. The van der Waals surface area contributed by atoms with Crippen LogP contribution in [0.3, 0.4) is 0 Å². The Balaban J connectivity index is 1.59. The highest BCUT2D eigenvalue weighted by atomic mass is 79.9. The van der Waals surface area contributed by atoms with E-state index in [2.05, 4.69) is 15.9 Å². The third-order valence-electron chi connectivity index (χ3n) is 6.87. The van der Waals surface area contributed by atoms with Gasteiger partial charge in [-0.15, -0.1) is 0 Å². The number of nitrogens with zero attached hydrogens (tertiary/aromatic N) is 2. The summed E-state index contributed by atoms with van der Waals surface area (Å²) in [5.41, 5.74) is 1.13. The average Bonchev–Trinajstić information content (AvgIpc) is 3.55. The molecule has 0 spiro atoms. The summed E-state index contributed by atoms with van der Waals surface area (Å²) in [6.07, 6.45) is -2.29. The molecule has 0 N–H and O–H groups in total. The van der Waals surface area contributed by atoms with Crippen molar-refractivity contribution < 1.29 is 32.2 Å². The number of hydrogen-bond donors (Lipinski definition) is 0. The summed E-state index contributed by atoms with van der Waals surface area (Å²) >= 11 is 3.48. The normalized spacial score (nSPS) is 23.3.